The number of rotatable bonds is 4. The molecule has 1 aliphatic carbocycles. The van der Waals surface area contributed by atoms with Crippen LogP contribution in [0.15, 0.2) is 56.0 Å². The predicted molar refractivity (Wildman–Crippen MR) is 86.1 cm³/mol. The Labute approximate surface area is 133 Å². The van der Waals surface area contributed by atoms with Crippen molar-refractivity contribution in [2.75, 3.05) is 0 Å². The van der Waals surface area contributed by atoms with Gasteiger partial charge in [-0.1, -0.05) is 25.3 Å². The van der Waals surface area contributed by atoms with Gasteiger partial charge in [0, 0.05) is 11.1 Å². The van der Waals surface area contributed by atoms with Crippen molar-refractivity contribution in [3.63, 3.8) is 0 Å². The van der Waals surface area contributed by atoms with Gasteiger partial charge in [0.2, 0.25) is 5.78 Å². The van der Waals surface area contributed by atoms with Crippen LogP contribution in [0.25, 0.3) is 0 Å². The normalized spacial score (nSPS) is 12.2. The van der Waals surface area contributed by atoms with Crippen LogP contribution in [0.5, 0.6) is 11.5 Å². The van der Waals surface area contributed by atoms with E-state index in [0.717, 1.165) is 5.56 Å². The second-order valence-electron chi connectivity index (χ2n) is 5.09. The zero-order chi connectivity index (χ0) is 16.6. The van der Waals surface area contributed by atoms with Crippen molar-refractivity contribution in [3.05, 3.63) is 83.8 Å². The Kier molecular flexibility index (Phi) is 3.58. The zero-order valence-corrected chi connectivity index (χ0v) is 12.6. The van der Waals surface area contributed by atoms with E-state index in [1.807, 2.05) is 6.92 Å². The van der Waals surface area contributed by atoms with Crippen LogP contribution in [0.4, 0.5) is 0 Å². The van der Waals surface area contributed by atoms with E-state index in [1.165, 1.54) is 12.5 Å². The van der Waals surface area contributed by atoms with E-state index in [1.54, 1.807) is 30.3 Å². The first-order valence-electron chi connectivity index (χ1n) is 7.00. The third kappa shape index (κ3) is 2.25. The molecule has 0 saturated carbocycles. The Balaban J connectivity index is 2.31. The zero-order valence-electron chi connectivity index (χ0n) is 12.6. The molecule has 4 nitrogen and oxygen atoms in total. The molecular weight excluding hydrogens is 292 g/mol. The number of aryl methyl sites for hydroxylation is 1. The fraction of sp³-hybridized carbons (Fsp3) is 0.0526. The maximum absolute atomic E-state index is 13.0. The highest BCUT2D eigenvalue weighted by atomic mass is 16.5. The molecule has 2 aromatic carbocycles. The average Bonchev–Trinajstić information content (AvgIpc) is 2.52. The second kappa shape index (κ2) is 5.57. The maximum atomic E-state index is 13.0. The quantitative estimate of drug-likeness (QED) is 0.688. The Morgan fingerprint density at radius 1 is 0.870 bits per heavy atom. The highest BCUT2D eigenvalue weighted by Crippen LogP contribution is 2.38. The molecule has 1 aliphatic rings. The van der Waals surface area contributed by atoms with Gasteiger partial charge in [-0.05, 0) is 30.7 Å². The standard InChI is InChI=1S/C19H14O4/c1-4-22-14-8-6-7-12-16(14)19(21)17-13(18(12)20)9-11(3)10-15(17)23-5-2/h4-10H,1-2H2,3H3. The van der Waals surface area contributed by atoms with Crippen LogP contribution >= 0.6 is 0 Å². The molecule has 4 heteroatoms. The SMILES string of the molecule is C=COc1cccc2c1C(=O)c1c(OC=C)cc(C)cc1C2=O. The summed E-state index contributed by atoms with van der Waals surface area (Å²) in [6.45, 7) is 8.84. The number of hydrogen-bond acceptors (Lipinski definition) is 4. The van der Waals surface area contributed by atoms with Crippen LogP contribution in [-0.2, 0) is 0 Å². The summed E-state index contributed by atoms with van der Waals surface area (Å²) in [6.07, 6.45) is 2.45. The number of ether oxygens (including phenoxy) is 2. The molecule has 2 aromatic rings. The summed E-state index contributed by atoms with van der Waals surface area (Å²) in [7, 11) is 0. The summed E-state index contributed by atoms with van der Waals surface area (Å²) in [5.41, 5.74) is 1.92. The van der Waals surface area contributed by atoms with E-state index >= 15 is 0 Å². The number of fused-ring (bicyclic) bond motifs is 2. The fourth-order valence-corrected chi connectivity index (χ4v) is 2.76. The van der Waals surface area contributed by atoms with Gasteiger partial charge < -0.3 is 9.47 Å². The molecule has 0 bridgehead atoms. The molecule has 23 heavy (non-hydrogen) atoms. The van der Waals surface area contributed by atoms with Gasteiger partial charge in [-0.15, -0.1) is 0 Å². The molecular formula is C19H14O4. The Hall–Kier alpha value is -3.14. The first-order valence-corrected chi connectivity index (χ1v) is 7.00. The van der Waals surface area contributed by atoms with Crippen LogP contribution in [0, 0.1) is 6.92 Å². The number of benzene rings is 2. The van der Waals surface area contributed by atoms with Gasteiger partial charge in [-0.25, -0.2) is 0 Å². The minimum atomic E-state index is -0.316. The van der Waals surface area contributed by atoms with E-state index < -0.39 is 0 Å². The van der Waals surface area contributed by atoms with Gasteiger partial charge in [0.05, 0.1) is 23.7 Å². The lowest BCUT2D eigenvalue weighted by Crippen LogP contribution is -2.22. The predicted octanol–water partition coefficient (Wildman–Crippen LogP) is 3.82. The third-order valence-electron chi connectivity index (χ3n) is 3.64. The van der Waals surface area contributed by atoms with Crippen molar-refractivity contribution in [1.29, 1.82) is 0 Å². The number of ketones is 2. The molecule has 0 atom stereocenters. The Bertz CT molecular complexity index is 862. The lowest BCUT2D eigenvalue weighted by molar-refractivity contribution is 0.0975. The highest BCUT2D eigenvalue weighted by molar-refractivity contribution is 6.30. The molecule has 0 spiro atoms. The third-order valence-corrected chi connectivity index (χ3v) is 3.64. The summed E-state index contributed by atoms with van der Waals surface area (Å²) in [5.74, 6) is 0.0599. The van der Waals surface area contributed by atoms with Crippen LogP contribution in [0.3, 0.4) is 0 Å². The monoisotopic (exact) mass is 306 g/mol. The number of carbonyl (C=O) groups excluding carboxylic acids is 2. The molecule has 0 aliphatic heterocycles. The van der Waals surface area contributed by atoms with Crippen LogP contribution in [-0.4, -0.2) is 11.6 Å². The maximum Gasteiger partial charge on any atom is 0.202 e. The minimum Gasteiger partial charge on any atom is -0.465 e. The molecule has 0 saturated heterocycles. The fourth-order valence-electron chi connectivity index (χ4n) is 2.76. The lowest BCUT2D eigenvalue weighted by atomic mass is 9.82. The van der Waals surface area contributed by atoms with Crippen LogP contribution in [0.2, 0.25) is 0 Å². The van der Waals surface area contributed by atoms with E-state index in [9.17, 15) is 9.59 Å². The van der Waals surface area contributed by atoms with E-state index in [0.29, 0.717) is 22.6 Å². The Morgan fingerprint density at radius 3 is 2.22 bits per heavy atom. The molecule has 0 radical (unpaired) electrons. The molecule has 0 aromatic heterocycles. The lowest BCUT2D eigenvalue weighted by Gasteiger charge is -2.21. The van der Waals surface area contributed by atoms with Crippen molar-refractivity contribution in [1.82, 2.24) is 0 Å². The first kappa shape index (κ1) is 14.8. The molecule has 0 heterocycles. The molecule has 3 rings (SSSR count). The van der Waals surface area contributed by atoms with Crippen molar-refractivity contribution < 1.29 is 19.1 Å². The van der Waals surface area contributed by atoms with Gasteiger partial charge in [-0.2, -0.15) is 0 Å². The smallest absolute Gasteiger partial charge is 0.202 e. The van der Waals surface area contributed by atoms with Crippen molar-refractivity contribution in [2.45, 2.75) is 6.92 Å². The van der Waals surface area contributed by atoms with Crippen molar-refractivity contribution in [3.8, 4) is 11.5 Å². The van der Waals surface area contributed by atoms with Crippen LogP contribution < -0.4 is 9.47 Å². The molecule has 0 unspecified atom stereocenters. The van der Waals surface area contributed by atoms with Gasteiger partial charge in [0.15, 0.2) is 5.78 Å². The summed E-state index contributed by atoms with van der Waals surface area (Å²) < 4.78 is 10.6. The summed E-state index contributed by atoms with van der Waals surface area (Å²) >= 11 is 0. The summed E-state index contributed by atoms with van der Waals surface area (Å²) in [5, 5.41) is 0. The number of carbonyl (C=O) groups is 2. The minimum absolute atomic E-state index is 0.225. The van der Waals surface area contributed by atoms with Gasteiger partial charge in [0.25, 0.3) is 0 Å². The average molecular weight is 306 g/mol. The van der Waals surface area contributed by atoms with Gasteiger partial charge >= 0.3 is 0 Å². The largest absolute Gasteiger partial charge is 0.465 e. The number of hydrogen-bond donors (Lipinski definition) is 0. The van der Waals surface area contributed by atoms with Gasteiger partial charge in [0.1, 0.15) is 11.5 Å². The summed E-state index contributed by atoms with van der Waals surface area (Å²) in [6, 6.07) is 8.30. The molecule has 0 N–H and O–H groups in total. The van der Waals surface area contributed by atoms with Crippen LogP contribution in [0.1, 0.15) is 37.4 Å². The molecule has 114 valence electrons. The van der Waals surface area contributed by atoms with Gasteiger partial charge in [-0.3, -0.25) is 9.59 Å². The summed E-state index contributed by atoms with van der Waals surface area (Å²) in [4.78, 5) is 25.8. The molecule has 0 amide bonds. The van der Waals surface area contributed by atoms with E-state index in [4.69, 9.17) is 9.47 Å². The Morgan fingerprint density at radius 2 is 1.52 bits per heavy atom. The molecule has 0 fully saturated rings. The highest BCUT2D eigenvalue weighted by Gasteiger charge is 2.35. The first-order chi connectivity index (χ1) is 11.1. The second-order valence-corrected chi connectivity index (χ2v) is 5.09. The van der Waals surface area contributed by atoms with E-state index in [2.05, 4.69) is 13.2 Å². The topological polar surface area (TPSA) is 52.6 Å². The van der Waals surface area contributed by atoms with Crippen molar-refractivity contribution in [2.24, 2.45) is 0 Å². The van der Waals surface area contributed by atoms with Crippen molar-refractivity contribution >= 4 is 11.6 Å². The van der Waals surface area contributed by atoms with E-state index in [-0.39, 0.29) is 22.7 Å².